The molecule has 2 N–H and O–H groups in total. The van der Waals surface area contributed by atoms with Gasteiger partial charge in [0.1, 0.15) is 12.4 Å². The Morgan fingerprint density at radius 1 is 1.24 bits per heavy atom. The molecule has 0 radical (unpaired) electrons. The number of aromatic nitrogens is 3. The normalized spacial score (nSPS) is 17.7. The highest BCUT2D eigenvalue weighted by atomic mass is 35.5. The number of aryl methyl sites for hydroxylation is 1. The summed E-state index contributed by atoms with van der Waals surface area (Å²) in [6.45, 7) is 8.66. The van der Waals surface area contributed by atoms with Gasteiger partial charge in [-0.1, -0.05) is 30.7 Å². The number of hydrogen-bond donors (Lipinski definition) is 2. The molecule has 29 heavy (non-hydrogen) atoms. The van der Waals surface area contributed by atoms with E-state index in [1.54, 1.807) is 0 Å². The Labute approximate surface area is 178 Å². The quantitative estimate of drug-likeness (QED) is 0.510. The average molecular weight is 418 g/mol. The first-order valence-corrected chi connectivity index (χ1v) is 10.8. The standard InChI is InChI=1S/C21H32ClN7/c1-4-29-13-5-6-19(29)14-24-21(25-15-20-27-26-16(2)28(20)3)23-12-11-17-7-9-18(22)10-8-17/h7-10,19H,4-6,11-15H2,1-3H3,(H2,23,24,25). The van der Waals surface area contributed by atoms with Gasteiger partial charge >= 0.3 is 0 Å². The molecule has 1 aliphatic rings. The van der Waals surface area contributed by atoms with E-state index < -0.39 is 0 Å². The maximum atomic E-state index is 5.98. The van der Waals surface area contributed by atoms with Crippen LogP contribution in [0.2, 0.25) is 5.02 Å². The van der Waals surface area contributed by atoms with Crippen LogP contribution in [0.4, 0.5) is 0 Å². The molecular weight excluding hydrogens is 386 g/mol. The van der Waals surface area contributed by atoms with Crippen LogP contribution < -0.4 is 10.6 Å². The first kappa shape index (κ1) is 21.6. The summed E-state index contributed by atoms with van der Waals surface area (Å²) in [5.74, 6) is 2.57. The van der Waals surface area contributed by atoms with Crippen molar-refractivity contribution < 1.29 is 0 Å². The van der Waals surface area contributed by atoms with E-state index >= 15 is 0 Å². The van der Waals surface area contributed by atoms with Crippen molar-refractivity contribution in [1.82, 2.24) is 30.3 Å². The average Bonchev–Trinajstić information content (AvgIpc) is 3.31. The van der Waals surface area contributed by atoms with Crippen LogP contribution in [0.3, 0.4) is 0 Å². The second-order valence-corrected chi connectivity index (χ2v) is 7.93. The third-order valence-electron chi connectivity index (χ3n) is 5.59. The Balaban J connectivity index is 1.59. The van der Waals surface area contributed by atoms with Crippen molar-refractivity contribution in [2.75, 3.05) is 26.2 Å². The fourth-order valence-electron chi connectivity index (χ4n) is 3.65. The van der Waals surface area contributed by atoms with Gasteiger partial charge in [0.15, 0.2) is 11.8 Å². The lowest BCUT2D eigenvalue weighted by atomic mass is 10.1. The zero-order valence-electron chi connectivity index (χ0n) is 17.7. The van der Waals surface area contributed by atoms with Gasteiger partial charge in [-0.3, -0.25) is 4.90 Å². The van der Waals surface area contributed by atoms with Gasteiger partial charge in [-0.2, -0.15) is 0 Å². The van der Waals surface area contributed by atoms with Crippen LogP contribution in [-0.4, -0.2) is 57.8 Å². The van der Waals surface area contributed by atoms with Gasteiger partial charge < -0.3 is 15.2 Å². The zero-order chi connectivity index (χ0) is 20.6. The van der Waals surface area contributed by atoms with Crippen molar-refractivity contribution in [3.05, 3.63) is 46.5 Å². The summed E-state index contributed by atoms with van der Waals surface area (Å²) in [4.78, 5) is 7.29. The summed E-state index contributed by atoms with van der Waals surface area (Å²) in [5.41, 5.74) is 1.25. The van der Waals surface area contributed by atoms with Crippen LogP contribution in [0.15, 0.2) is 29.3 Å². The molecule has 1 saturated heterocycles. The number of benzene rings is 1. The van der Waals surface area contributed by atoms with E-state index in [9.17, 15) is 0 Å². The summed E-state index contributed by atoms with van der Waals surface area (Å²) >= 11 is 5.98. The zero-order valence-corrected chi connectivity index (χ0v) is 18.4. The number of guanidine groups is 1. The molecule has 8 heteroatoms. The molecule has 2 aromatic rings. The van der Waals surface area contributed by atoms with E-state index in [1.807, 2.05) is 30.7 Å². The van der Waals surface area contributed by atoms with Gasteiger partial charge in [0.25, 0.3) is 0 Å². The molecular formula is C21H32ClN7. The topological polar surface area (TPSA) is 70.4 Å². The van der Waals surface area contributed by atoms with E-state index in [1.165, 1.54) is 24.9 Å². The molecule has 0 spiro atoms. The Bertz CT molecular complexity index is 800. The summed E-state index contributed by atoms with van der Waals surface area (Å²) in [7, 11) is 1.97. The highest BCUT2D eigenvalue weighted by Gasteiger charge is 2.22. The number of halogens is 1. The SMILES string of the molecule is CCN1CCCC1CNC(=NCc1nnc(C)n1C)NCCc1ccc(Cl)cc1. The molecule has 2 heterocycles. The minimum Gasteiger partial charge on any atom is -0.356 e. The number of rotatable bonds is 8. The molecule has 0 saturated carbocycles. The maximum absolute atomic E-state index is 5.98. The lowest BCUT2D eigenvalue weighted by molar-refractivity contribution is 0.267. The van der Waals surface area contributed by atoms with Crippen LogP contribution in [0.1, 0.15) is 37.0 Å². The third kappa shape index (κ3) is 6.18. The Morgan fingerprint density at radius 3 is 2.72 bits per heavy atom. The van der Waals surface area contributed by atoms with Crippen LogP contribution in [0.5, 0.6) is 0 Å². The van der Waals surface area contributed by atoms with E-state index in [-0.39, 0.29) is 0 Å². The molecule has 3 rings (SSSR count). The van der Waals surface area contributed by atoms with Crippen molar-refractivity contribution in [3.63, 3.8) is 0 Å². The predicted octanol–water partition coefficient (Wildman–Crippen LogP) is 2.54. The smallest absolute Gasteiger partial charge is 0.191 e. The highest BCUT2D eigenvalue weighted by Crippen LogP contribution is 2.15. The van der Waals surface area contributed by atoms with Crippen molar-refractivity contribution in [2.45, 2.75) is 45.7 Å². The van der Waals surface area contributed by atoms with Crippen LogP contribution in [0.25, 0.3) is 0 Å². The number of nitrogens with one attached hydrogen (secondary N) is 2. The van der Waals surface area contributed by atoms with Crippen molar-refractivity contribution in [2.24, 2.45) is 12.0 Å². The Morgan fingerprint density at radius 2 is 2.03 bits per heavy atom. The van der Waals surface area contributed by atoms with Crippen molar-refractivity contribution in [1.29, 1.82) is 0 Å². The molecule has 158 valence electrons. The fourth-order valence-corrected chi connectivity index (χ4v) is 3.77. The van der Waals surface area contributed by atoms with Gasteiger partial charge in [-0.15, -0.1) is 10.2 Å². The fraction of sp³-hybridized carbons (Fsp3) is 0.571. The molecule has 1 atom stereocenters. The molecule has 0 bridgehead atoms. The highest BCUT2D eigenvalue weighted by molar-refractivity contribution is 6.30. The predicted molar refractivity (Wildman–Crippen MR) is 118 cm³/mol. The third-order valence-corrected chi connectivity index (χ3v) is 5.84. The van der Waals surface area contributed by atoms with Gasteiger partial charge in [0, 0.05) is 31.2 Å². The monoisotopic (exact) mass is 417 g/mol. The van der Waals surface area contributed by atoms with Crippen LogP contribution in [0, 0.1) is 6.92 Å². The molecule has 1 aliphatic heterocycles. The van der Waals surface area contributed by atoms with Gasteiger partial charge in [0.2, 0.25) is 0 Å². The van der Waals surface area contributed by atoms with Crippen molar-refractivity contribution in [3.8, 4) is 0 Å². The van der Waals surface area contributed by atoms with Crippen LogP contribution in [-0.2, 0) is 20.0 Å². The number of hydrogen-bond acceptors (Lipinski definition) is 4. The number of aliphatic imine (C=N–C) groups is 1. The first-order chi connectivity index (χ1) is 14.1. The molecule has 1 fully saturated rings. The minimum atomic E-state index is 0.496. The van der Waals surface area contributed by atoms with Gasteiger partial charge in [0.05, 0.1) is 0 Å². The van der Waals surface area contributed by atoms with Crippen molar-refractivity contribution >= 4 is 17.6 Å². The van der Waals surface area contributed by atoms with E-state index in [2.05, 4.69) is 44.8 Å². The number of likely N-dealkylation sites (N-methyl/N-ethyl adjacent to an activating group) is 1. The lowest BCUT2D eigenvalue weighted by Crippen LogP contribution is -2.45. The lowest BCUT2D eigenvalue weighted by Gasteiger charge is -2.24. The number of likely N-dealkylation sites (tertiary alicyclic amines) is 1. The molecule has 1 aromatic heterocycles. The molecule has 0 amide bonds. The van der Waals surface area contributed by atoms with E-state index in [0.29, 0.717) is 12.6 Å². The first-order valence-electron chi connectivity index (χ1n) is 10.4. The Kier molecular flexibility index (Phi) is 7.89. The summed E-state index contributed by atoms with van der Waals surface area (Å²) in [5, 5.41) is 16.1. The van der Waals surface area contributed by atoms with Gasteiger partial charge in [-0.25, -0.2) is 4.99 Å². The minimum absolute atomic E-state index is 0.496. The summed E-state index contributed by atoms with van der Waals surface area (Å²) in [6.07, 6.45) is 3.42. The second-order valence-electron chi connectivity index (χ2n) is 7.50. The number of nitrogens with zero attached hydrogens (tertiary/aromatic N) is 5. The Hall–Kier alpha value is -2.12. The maximum Gasteiger partial charge on any atom is 0.191 e. The van der Waals surface area contributed by atoms with E-state index in [0.717, 1.165) is 48.7 Å². The summed E-state index contributed by atoms with van der Waals surface area (Å²) in [6, 6.07) is 8.56. The molecule has 1 unspecified atom stereocenters. The van der Waals surface area contributed by atoms with Gasteiger partial charge in [-0.05, 0) is 57.0 Å². The molecule has 0 aliphatic carbocycles. The van der Waals surface area contributed by atoms with E-state index in [4.69, 9.17) is 16.6 Å². The summed E-state index contributed by atoms with van der Waals surface area (Å²) < 4.78 is 1.98. The van der Waals surface area contributed by atoms with Crippen LogP contribution >= 0.6 is 11.6 Å². The molecule has 1 aromatic carbocycles. The largest absolute Gasteiger partial charge is 0.356 e. The molecule has 7 nitrogen and oxygen atoms in total. The second kappa shape index (κ2) is 10.6.